The molecule has 1 aliphatic carbocycles. The molecule has 0 bridgehead atoms. The molecule has 3 N–H and O–H groups in total. The molecule has 1 fully saturated rings. The maximum absolute atomic E-state index is 5.80. The SMILES string of the molecule is CSc1c(N)nsc1NCC(C)N(C)C1CC1. The van der Waals surface area contributed by atoms with Crippen LogP contribution < -0.4 is 11.1 Å². The third-order valence-corrected chi connectivity index (χ3v) is 5.02. The Bertz CT molecular complexity index is 376. The third kappa shape index (κ3) is 3.05. The molecule has 1 atom stereocenters. The van der Waals surface area contributed by atoms with Crippen LogP contribution in [0.25, 0.3) is 0 Å². The van der Waals surface area contributed by atoms with Gasteiger partial charge in [-0.25, -0.2) is 0 Å². The standard InChI is InChI=1S/C11H20N4S2/c1-7(15(2)8-4-5-8)6-13-11-9(16-3)10(12)14-17-11/h7-8,13H,4-6H2,1-3H3,(H2,12,14). The Kier molecular flexibility index (Phi) is 4.17. The van der Waals surface area contributed by atoms with Crippen LogP contribution in [0.3, 0.4) is 0 Å². The number of anilines is 2. The minimum Gasteiger partial charge on any atom is -0.382 e. The molecule has 0 spiro atoms. The average molecular weight is 272 g/mol. The molecule has 1 heterocycles. The normalized spacial score (nSPS) is 17.4. The van der Waals surface area contributed by atoms with E-state index in [1.54, 1.807) is 11.8 Å². The number of hydrogen-bond acceptors (Lipinski definition) is 6. The quantitative estimate of drug-likeness (QED) is 0.779. The monoisotopic (exact) mass is 272 g/mol. The summed E-state index contributed by atoms with van der Waals surface area (Å²) in [5.41, 5.74) is 5.80. The van der Waals surface area contributed by atoms with Gasteiger partial charge in [0, 0.05) is 18.6 Å². The summed E-state index contributed by atoms with van der Waals surface area (Å²) in [6.07, 6.45) is 4.74. The summed E-state index contributed by atoms with van der Waals surface area (Å²) in [6.45, 7) is 3.21. The van der Waals surface area contributed by atoms with Gasteiger partial charge < -0.3 is 11.1 Å². The summed E-state index contributed by atoms with van der Waals surface area (Å²) in [4.78, 5) is 3.53. The minimum absolute atomic E-state index is 0.542. The zero-order valence-corrected chi connectivity index (χ0v) is 12.2. The zero-order chi connectivity index (χ0) is 12.4. The molecule has 6 heteroatoms. The average Bonchev–Trinajstić information content (AvgIpc) is 3.10. The Balaban J connectivity index is 1.88. The van der Waals surface area contributed by atoms with Gasteiger partial charge in [-0.05, 0) is 44.6 Å². The van der Waals surface area contributed by atoms with Crippen LogP contribution in [0, 0.1) is 0 Å². The molecule has 0 saturated heterocycles. The first kappa shape index (κ1) is 13.0. The molecule has 0 aliphatic heterocycles. The van der Waals surface area contributed by atoms with Gasteiger partial charge in [-0.3, -0.25) is 4.90 Å². The second kappa shape index (κ2) is 5.46. The molecule has 0 aromatic carbocycles. The zero-order valence-electron chi connectivity index (χ0n) is 10.6. The van der Waals surface area contributed by atoms with Crippen LogP contribution in [-0.4, -0.2) is 41.2 Å². The summed E-state index contributed by atoms with van der Waals surface area (Å²) < 4.78 is 4.18. The van der Waals surface area contributed by atoms with Crippen molar-refractivity contribution < 1.29 is 0 Å². The van der Waals surface area contributed by atoms with E-state index in [1.165, 1.54) is 24.4 Å². The molecule has 1 unspecified atom stereocenters. The summed E-state index contributed by atoms with van der Waals surface area (Å²) >= 11 is 3.11. The highest BCUT2D eigenvalue weighted by atomic mass is 32.2. The second-order valence-electron chi connectivity index (χ2n) is 4.56. The van der Waals surface area contributed by atoms with E-state index >= 15 is 0 Å². The van der Waals surface area contributed by atoms with Crippen molar-refractivity contribution in [3.05, 3.63) is 0 Å². The minimum atomic E-state index is 0.542. The molecule has 2 rings (SSSR count). The molecule has 4 nitrogen and oxygen atoms in total. The van der Waals surface area contributed by atoms with E-state index in [2.05, 4.69) is 28.6 Å². The second-order valence-corrected chi connectivity index (χ2v) is 6.15. The summed E-state index contributed by atoms with van der Waals surface area (Å²) in [7, 11) is 2.21. The molecule has 96 valence electrons. The highest BCUT2D eigenvalue weighted by Crippen LogP contribution is 2.34. The maximum Gasteiger partial charge on any atom is 0.153 e. The van der Waals surface area contributed by atoms with Crippen LogP contribution >= 0.6 is 23.3 Å². The lowest BCUT2D eigenvalue weighted by atomic mass is 10.3. The highest BCUT2D eigenvalue weighted by molar-refractivity contribution is 7.99. The van der Waals surface area contributed by atoms with E-state index in [4.69, 9.17) is 5.73 Å². The first-order valence-corrected chi connectivity index (χ1v) is 7.88. The van der Waals surface area contributed by atoms with Gasteiger partial charge in [-0.1, -0.05) is 0 Å². The summed E-state index contributed by atoms with van der Waals surface area (Å²) in [6, 6.07) is 1.35. The van der Waals surface area contributed by atoms with Gasteiger partial charge in [0.05, 0.1) is 4.90 Å². The molecule has 1 saturated carbocycles. The lowest BCUT2D eigenvalue weighted by Crippen LogP contribution is -2.36. The number of nitrogens with two attached hydrogens (primary N) is 1. The van der Waals surface area contributed by atoms with Crippen LogP contribution in [0.4, 0.5) is 10.8 Å². The van der Waals surface area contributed by atoms with E-state index in [0.717, 1.165) is 22.5 Å². The first-order valence-electron chi connectivity index (χ1n) is 5.88. The maximum atomic E-state index is 5.80. The van der Waals surface area contributed by atoms with Crippen LogP contribution in [0.5, 0.6) is 0 Å². The number of likely N-dealkylation sites (N-methyl/N-ethyl adjacent to an activating group) is 1. The molecule has 0 amide bonds. The fourth-order valence-electron chi connectivity index (χ4n) is 1.83. The number of hydrogen-bond donors (Lipinski definition) is 2. The van der Waals surface area contributed by atoms with Crippen molar-refractivity contribution in [2.24, 2.45) is 0 Å². The number of thioether (sulfide) groups is 1. The van der Waals surface area contributed by atoms with Gasteiger partial charge in [0.1, 0.15) is 5.00 Å². The van der Waals surface area contributed by atoms with Gasteiger partial charge in [0.15, 0.2) is 5.82 Å². The molecular weight excluding hydrogens is 252 g/mol. The Labute approximate surface area is 111 Å². The molecule has 1 aliphatic rings. The lowest BCUT2D eigenvalue weighted by molar-refractivity contribution is 0.257. The summed E-state index contributed by atoms with van der Waals surface area (Å²) in [5.74, 6) is 0.646. The van der Waals surface area contributed by atoms with Crippen LogP contribution in [0.2, 0.25) is 0 Å². The molecular formula is C11H20N4S2. The summed E-state index contributed by atoms with van der Waals surface area (Å²) in [5, 5.41) is 4.56. The number of aromatic nitrogens is 1. The third-order valence-electron chi connectivity index (χ3n) is 3.25. The van der Waals surface area contributed by atoms with Gasteiger partial charge in [-0.15, -0.1) is 11.8 Å². The van der Waals surface area contributed by atoms with Crippen molar-refractivity contribution in [3.63, 3.8) is 0 Å². The number of nitrogens with one attached hydrogen (secondary N) is 1. The van der Waals surface area contributed by atoms with Crippen LogP contribution in [-0.2, 0) is 0 Å². The van der Waals surface area contributed by atoms with Crippen molar-refractivity contribution in [3.8, 4) is 0 Å². The topological polar surface area (TPSA) is 54.2 Å². The van der Waals surface area contributed by atoms with E-state index < -0.39 is 0 Å². The predicted molar refractivity (Wildman–Crippen MR) is 77.0 cm³/mol. The number of rotatable bonds is 6. The van der Waals surface area contributed by atoms with Crippen molar-refractivity contribution in [1.29, 1.82) is 0 Å². The lowest BCUT2D eigenvalue weighted by Gasteiger charge is -2.24. The Morgan fingerprint density at radius 1 is 1.65 bits per heavy atom. The van der Waals surface area contributed by atoms with Crippen molar-refractivity contribution in [2.75, 3.05) is 30.9 Å². The molecule has 0 radical (unpaired) electrons. The van der Waals surface area contributed by atoms with Gasteiger partial charge in [0.25, 0.3) is 0 Å². The molecule has 17 heavy (non-hydrogen) atoms. The van der Waals surface area contributed by atoms with E-state index in [9.17, 15) is 0 Å². The fourth-order valence-corrected chi connectivity index (χ4v) is 3.38. The molecule has 1 aromatic rings. The van der Waals surface area contributed by atoms with Crippen molar-refractivity contribution >= 4 is 34.1 Å². The van der Waals surface area contributed by atoms with Gasteiger partial charge in [-0.2, -0.15) is 4.37 Å². The van der Waals surface area contributed by atoms with Crippen molar-refractivity contribution in [1.82, 2.24) is 9.27 Å². The first-order chi connectivity index (χ1) is 8.13. The predicted octanol–water partition coefficient (Wildman–Crippen LogP) is 2.34. The largest absolute Gasteiger partial charge is 0.382 e. The smallest absolute Gasteiger partial charge is 0.153 e. The van der Waals surface area contributed by atoms with Crippen LogP contribution in [0.15, 0.2) is 4.90 Å². The van der Waals surface area contributed by atoms with Crippen LogP contribution in [0.1, 0.15) is 19.8 Å². The number of nitrogen functional groups attached to an aromatic ring is 1. The fraction of sp³-hybridized carbons (Fsp3) is 0.727. The van der Waals surface area contributed by atoms with E-state index in [0.29, 0.717) is 11.9 Å². The Hall–Kier alpha value is -0.460. The van der Waals surface area contributed by atoms with E-state index in [-0.39, 0.29) is 0 Å². The molecule has 1 aromatic heterocycles. The van der Waals surface area contributed by atoms with Gasteiger partial charge in [0.2, 0.25) is 0 Å². The van der Waals surface area contributed by atoms with Gasteiger partial charge >= 0.3 is 0 Å². The number of nitrogens with zero attached hydrogens (tertiary/aromatic N) is 2. The Morgan fingerprint density at radius 3 is 2.94 bits per heavy atom. The van der Waals surface area contributed by atoms with Crippen molar-refractivity contribution in [2.45, 2.75) is 36.7 Å². The highest BCUT2D eigenvalue weighted by Gasteiger charge is 2.29. The van der Waals surface area contributed by atoms with E-state index in [1.807, 2.05) is 6.26 Å². The Morgan fingerprint density at radius 2 is 2.35 bits per heavy atom.